The maximum atomic E-state index is 8.75. The van der Waals surface area contributed by atoms with E-state index in [9.17, 15) is 0 Å². The van der Waals surface area contributed by atoms with Crippen molar-refractivity contribution >= 4 is 11.8 Å². The van der Waals surface area contributed by atoms with Gasteiger partial charge in [-0.05, 0) is 47.5 Å². The van der Waals surface area contributed by atoms with Gasteiger partial charge in [0.15, 0.2) is 0 Å². The van der Waals surface area contributed by atoms with Gasteiger partial charge in [-0.3, -0.25) is 0 Å². The highest BCUT2D eigenvalue weighted by Crippen LogP contribution is 2.31. The van der Waals surface area contributed by atoms with Crippen LogP contribution < -0.4 is 4.74 Å². The lowest BCUT2D eigenvalue weighted by molar-refractivity contribution is 0.343. The van der Waals surface area contributed by atoms with Gasteiger partial charge in [-0.25, -0.2) is 4.68 Å². The lowest BCUT2D eigenvalue weighted by Gasteiger charge is -2.11. The Labute approximate surface area is 133 Å². The Kier molecular flexibility index (Phi) is 4.91. The molecule has 2 aromatic rings. The Morgan fingerprint density at radius 1 is 1.27 bits per heavy atom. The molecule has 0 aliphatic heterocycles. The summed E-state index contributed by atoms with van der Waals surface area (Å²) in [6.07, 6.45) is 4.85. The van der Waals surface area contributed by atoms with Crippen molar-refractivity contribution in [2.75, 3.05) is 12.4 Å². The van der Waals surface area contributed by atoms with Crippen LogP contribution in [0.4, 0.5) is 0 Å². The van der Waals surface area contributed by atoms with E-state index in [0.29, 0.717) is 18.2 Å². The van der Waals surface area contributed by atoms with Gasteiger partial charge in [-0.1, -0.05) is 24.6 Å². The van der Waals surface area contributed by atoms with Crippen LogP contribution in [0.2, 0.25) is 0 Å². The number of ether oxygens (including phenoxy) is 1. The number of nitrogens with zero attached hydrogens (tertiary/aromatic N) is 5. The molecule has 0 bridgehead atoms. The molecule has 0 amide bonds. The van der Waals surface area contributed by atoms with E-state index in [0.717, 1.165) is 16.7 Å². The van der Waals surface area contributed by atoms with Gasteiger partial charge >= 0.3 is 0 Å². The molecule has 1 fully saturated rings. The predicted molar refractivity (Wildman–Crippen MR) is 82.7 cm³/mol. The molecule has 7 heteroatoms. The summed E-state index contributed by atoms with van der Waals surface area (Å²) in [5.74, 6) is 1.56. The first-order valence-corrected chi connectivity index (χ1v) is 8.39. The van der Waals surface area contributed by atoms with Gasteiger partial charge in [0.25, 0.3) is 0 Å². The summed E-state index contributed by atoms with van der Waals surface area (Å²) in [4.78, 5) is 0. The SMILES string of the molecule is N#Cc1ccc(OCCSc2nnnn2C2CCCC2)cc1. The second-order valence-electron chi connectivity index (χ2n) is 5.18. The molecule has 0 N–H and O–H groups in total. The first-order valence-electron chi connectivity index (χ1n) is 7.40. The van der Waals surface area contributed by atoms with E-state index in [1.54, 1.807) is 23.9 Å². The molecule has 6 nitrogen and oxygen atoms in total. The van der Waals surface area contributed by atoms with Gasteiger partial charge in [-0.15, -0.1) is 5.10 Å². The maximum absolute atomic E-state index is 8.75. The lowest BCUT2D eigenvalue weighted by atomic mass is 10.2. The van der Waals surface area contributed by atoms with Crippen molar-refractivity contribution in [3.8, 4) is 11.8 Å². The zero-order chi connectivity index (χ0) is 15.2. The summed E-state index contributed by atoms with van der Waals surface area (Å²) in [5, 5.41) is 21.6. The number of tetrazole rings is 1. The van der Waals surface area contributed by atoms with Crippen LogP contribution in [0.1, 0.15) is 37.3 Å². The van der Waals surface area contributed by atoms with Crippen molar-refractivity contribution < 1.29 is 4.74 Å². The standard InChI is InChI=1S/C15H17N5OS/c16-11-12-5-7-14(8-6-12)21-9-10-22-15-17-18-19-20(15)13-3-1-2-4-13/h5-8,13H,1-4,9-10H2. The third-order valence-electron chi connectivity index (χ3n) is 3.70. The van der Waals surface area contributed by atoms with Gasteiger partial charge in [-0.2, -0.15) is 5.26 Å². The summed E-state index contributed by atoms with van der Waals surface area (Å²) in [5.41, 5.74) is 0.637. The summed E-state index contributed by atoms with van der Waals surface area (Å²) < 4.78 is 7.62. The fourth-order valence-corrected chi connectivity index (χ4v) is 3.34. The monoisotopic (exact) mass is 315 g/mol. The minimum atomic E-state index is 0.456. The molecule has 114 valence electrons. The van der Waals surface area contributed by atoms with Crippen molar-refractivity contribution in [1.82, 2.24) is 20.2 Å². The van der Waals surface area contributed by atoms with Crippen molar-refractivity contribution in [1.29, 1.82) is 5.26 Å². The molecule has 1 aliphatic carbocycles. The molecule has 0 unspecified atom stereocenters. The van der Waals surface area contributed by atoms with Crippen molar-refractivity contribution in [3.63, 3.8) is 0 Å². The first kappa shape index (κ1) is 14.9. The van der Waals surface area contributed by atoms with Crippen LogP contribution in [0.3, 0.4) is 0 Å². The molecular formula is C15H17N5OS. The third kappa shape index (κ3) is 3.57. The van der Waals surface area contributed by atoms with Gasteiger partial charge in [0.2, 0.25) is 5.16 Å². The Morgan fingerprint density at radius 2 is 2.05 bits per heavy atom. The van der Waals surface area contributed by atoms with Crippen LogP contribution in [-0.2, 0) is 0 Å². The van der Waals surface area contributed by atoms with E-state index >= 15 is 0 Å². The number of hydrogen-bond donors (Lipinski definition) is 0. The van der Waals surface area contributed by atoms with E-state index < -0.39 is 0 Å². The number of thioether (sulfide) groups is 1. The predicted octanol–water partition coefficient (Wildman–Crippen LogP) is 2.83. The fourth-order valence-electron chi connectivity index (χ4n) is 2.58. The average molecular weight is 315 g/mol. The molecule has 1 aliphatic rings. The summed E-state index contributed by atoms with van der Waals surface area (Å²) in [7, 11) is 0. The highest BCUT2D eigenvalue weighted by atomic mass is 32.2. The maximum Gasteiger partial charge on any atom is 0.209 e. The summed E-state index contributed by atoms with van der Waals surface area (Å²) >= 11 is 1.62. The Balaban J connectivity index is 1.47. The molecule has 0 atom stereocenters. The topological polar surface area (TPSA) is 76.6 Å². The Morgan fingerprint density at radius 3 is 2.77 bits per heavy atom. The van der Waals surface area contributed by atoms with Crippen molar-refractivity contribution in [3.05, 3.63) is 29.8 Å². The molecule has 1 aromatic heterocycles. The fraction of sp³-hybridized carbons (Fsp3) is 0.467. The number of aromatic nitrogens is 4. The van der Waals surface area contributed by atoms with Crippen LogP contribution in [0.15, 0.2) is 29.4 Å². The second-order valence-corrected chi connectivity index (χ2v) is 6.24. The van der Waals surface area contributed by atoms with Gasteiger partial charge < -0.3 is 4.74 Å². The summed E-state index contributed by atoms with van der Waals surface area (Å²) in [6.45, 7) is 0.577. The Bertz CT molecular complexity index is 643. The lowest BCUT2D eigenvalue weighted by Crippen LogP contribution is -2.09. The molecule has 1 aromatic carbocycles. The second kappa shape index (κ2) is 7.27. The zero-order valence-corrected chi connectivity index (χ0v) is 13.0. The molecular weight excluding hydrogens is 298 g/mol. The average Bonchev–Trinajstić information content (AvgIpc) is 3.23. The largest absolute Gasteiger partial charge is 0.493 e. The smallest absolute Gasteiger partial charge is 0.209 e. The van der Waals surface area contributed by atoms with Crippen molar-refractivity contribution in [2.24, 2.45) is 0 Å². The van der Waals surface area contributed by atoms with E-state index in [1.807, 2.05) is 16.8 Å². The van der Waals surface area contributed by atoms with E-state index in [1.165, 1.54) is 25.7 Å². The van der Waals surface area contributed by atoms with Gasteiger partial charge in [0.1, 0.15) is 5.75 Å². The normalized spacial score (nSPS) is 14.9. The van der Waals surface area contributed by atoms with Crippen LogP contribution >= 0.6 is 11.8 Å². The minimum Gasteiger partial charge on any atom is -0.493 e. The summed E-state index contributed by atoms with van der Waals surface area (Å²) in [6, 6.07) is 9.67. The van der Waals surface area contributed by atoms with E-state index in [2.05, 4.69) is 21.6 Å². The molecule has 1 heterocycles. The van der Waals surface area contributed by atoms with Crippen LogP contribution in [0, 0.1) is 11.3 Å². The number of rotatable bonds is 6. The van der Waals surface area contributed by atoms with E-state index in [4.69, 9.17) is 10.00 Å². The van der Waals surface area contributed by atoms with Gasteiger partial charge in [0, 0.05) is 5.75 Å². The molecule has 0 saturated heterocycles. The molecule has 0 spiro atoms. The number of nitriles is 1. The van der Waals surface area contributed by atoms with Crippen molar-refractivity contribution in [2.45, 2.75) is 36.9 Å². The van der Waals surface area contributed by atoms with E-state index in [-0.39, 0.29) is 0 Å². The zero-order valence-electron chi connectivity index (χ0n) is 12.2. The quantitative estimate of drug-likeness (QED) is 0.602. The molecule has 22 heavy (non-hydrogen) atoms. The Hall–Kier alpha value is -2.07. The third-order valence-corrected chi connectivity index (χ3v) is 4.60. The highest BCUT2D eigenvalue weighted by Gasteiger charge is 2.21. The molecule has 0 radical (unpaired) electrons. The minimum absolute atomic E-state index is 0.456. The van der Waals surface area contributed by atoms with Gasteiger partial charge in [0.05, 0.1) is 24.3 Å². The number of benzene rings is 1. The van der Waals surface area contributed by atoms with Crippen LogP contribution in [-0.4, -0.2) is 32.6 Å². The van der Waals surface area contributed by atoms with Crippen LogP contribution in [0.25, 0.3) is 0 Å². The number of hydrogen-bond acceptors (Lipinski definition) is 6. The highest BCUT2D eigenvalue weighted by molar-refractivity contribution is 7.99. The molecule has 3 rings (SSSR count). The van der Waals surface area contributed by atoms with Crippen LogP contribution in [0.5, 0.6) is 5.75 Å². The molecule has 1 saturated carbocycles. The first-order chi connectivity index (χ1) is 10.9.